The Morgan fingerprint density at radius 2 is 2.06 bits per heavy atom. The number of rotatable bonds is 3. The van der Waals surface area contributed by atoms with Gasteiger partial charge in [0, 0.05) is 12.3 Å². The number of benzene rings is 1. The molecule has 0 aliphatic carbocycles. The Hall–Kier alpha value is -1.65. The lowest BCUT2D eigenvalue weighted by atomic mass is 10.2. The quantitative estimate of drug-likeness (QED) is 0.851. The third-order valence-corrected chi connectivity index (χ3v) is 2.13. The summed E-state index contributed by atoms with van der Waals surface area (Å²) >= 11 is 0. The monoisotopic (exact) mass is 252 g/mol. The molecule has 1 N–H and O–H groups in total. The van der Waals surface area contributed by atoms with Crippen LogP contribution in [0, 0.1) is 0 Å². The van der Waals surface area contributed by atoms with Crippen molar-refractivity contribution < 1.29 is 9.63 Å². The van der Waals surface area contributed by atoms with Crippen molar-refractivity contribution in [3.05, 3.63) is 42.1 Å². The fourth-order valence-electron chi connectivity index (χ4n) is 1.42. The largest absolute Gasteiger partial charge is 0.371 e. The lowest BCUT2D eigenvalue weighted by molar-refractivity contribution is -0.148. The first-order valence-electron chi connectivity index (χ1n) is 5.00. The Morgan fingerprint density at radius 1 is 1.29 bits per heavy atom. The maximum atomic E-state index is 10.5. The molecule has 4 nitrogen and oxygen atoms in total. The first-order valence-corrected chi connectivity index (χ1v) is 5.00. The van der Waals surface area contributed by atoms with Crippen LogP contribution in [0.5, 0.6) is 0 Å². The molecule has 0 saturated carbocycles. The molecule has 5 heteroatoms. The summed E-state index contributed by atoms with van der Waals surface area (Å²) in [4.78, 5) is 19.6. The fourth-order valence-corrected chi connectivity index (χ4v) is 1.42. The molecule has 17 heavy (non-hydrogen) atoms. The molecule has 0 fully saturated rings. The Morgan fingerprint density at radius 3 is 2.82 bits per heavy atom. The number of hydrogen-bond donors (Lipinski definition) is 1. The van der Waals surface area contributed by atoms with Crippen LogP contribution in [0.25, 0.3) is 10.9 Å². The molecule has 0 saturated heterocycles. The number of para-hydroxylation sites is 1. The van der Waals surface area contributed by atoms with Crippen LogP contribution >= 0.6 is 12.4 Å². The molecule has 0 spiro atoms. The van der Waals surface area contributed by atoms with E-state index in [2.05, 4.69) is 15.3 Å². The molecule has 0 aliphatic heterocycles. The summed E-state index contributed by atoms with van der Waals surface area (Å²) in [5.74, 6) is -0.360. The zero-order valence-electron chi connectivity index (χ0n) is 9.34. The van der Waals surface area contributed by atoms with Gasteiger partial charge in [0.1, 0.15) is 0 Å². The van der Waals surface area contributed by atoms with Crippen molar-refractivity contribution in [3.63, 3.8) is 0 Å². The van der Waals surface area contributed by atoms with Gasteiger partial charge in [-0.25, -0.2) is 0 Å². The highest BCUT2D eigenvalue weighted by molar-refractivity contribution is 5.85. The Kier molecular flexibility index (Phi) is 4.87. The molecule has 90 valence electrons. The third-order valence-electron chi connectivity index (χ3n) is 2.13. The SMILES string of the molecule is CC(=O)ONCc1ccc2ccccc2n1.Cl. The smallest absolute Gasteiger partial charge is 0.321 e. The van der Waals surface area contributed by atoms with E-state index in [0.717, 1.165) is 16.6 Å². The molecule has 2 rings (SSSR count). The summed E-state index contributed by atoms with van der Waals surface area (Å²) in [7, 11) is 0. The number of carbonyl (C=O) groups is 1. The summed E-state index contributed by atoms with van der Waals surface area (Å²) in [6.07, 6.45) is 0. The number of pyridine rings is 1. The van der Waals surface area contributed by atoms with Gasteiger partial charge in [-0.1, -0.05) is 24.3 Å². The van der Waals surface area contributed by atoms with Crippen LogP contribution in [0.1, 0.15) is 12.6 Å². The molecule has 1 aromatic carbocycles. The van der Waals surface area contributed by atoms with E-state index in [0.29, 0.717) is 6.54 Å². The zero-order valence-corrected chi connectivity index (χ0v) is 10.2. The van der Waals surface area contributed by atoms with Gasteiger partial charge in [0.15, 0.2) is 0 Å². The highest BCUT2D eigenvalue weighted by atomic mass is 35.5. The molecule has 2 aromatic rings. The maximum Gasteiger partial charge on any atom is 0.321 e. The summed E-state index contributed by atoms with van der Waals surface area (Å²) in [5, 5.41) is 1.10. The van der Waals surface area contributed by atoms with Gasteiger partial charge in [0.2, 0.25) is 0 Å². The van der Waals surface area contributed by atoms with Gasteiger partial charge >= 0.3 is 5.97 Å². The van der Waals surface area contributed by atoms with E-state index < -0.39 is 0 Å². The van der Waals surface area contributed by atoms with Gasteiger partial charge in [0.25, 0.3) is 0 Å². The molecule has 1 heterocycles. The van der Waals surface area contributed by atoms with E-state index in [9.17, 15) is 4.79 Å². The average Bonchev–Trinajstić information content (AvgIpc) is 2.28. The van der Waals surface area contributed by atoms with Gasteiger partial charge in [-0.3, -0.25) is 9.78 Å². The third kappa shape index (κ3) is 3.69. The second-order valence-electron chi connectivity index (χ2n) is 3.41. The summed E-state index contributed by atoms with van der Waals surface area (Å²) in [6, 6.07) is 11.8. The highest BCUT2D eigenvalue weighted by Gasteiger charge is 1.98. The first-order chi connectivity index (χ1) is 7.75. The van der Waals surface area contributed by atoms with Gasteiger partial charge in [-0.2, -0.15) is 0 Å². The van der Waals surface area contributed by atoms with E-state index in [1.54, 1.807) is 0 Å². The van der Waals surface area contributed by atoms with E-state index in [1.165, 1.54) is 6.92 Å². The molecular weight excluding hydrogens is 240 g/mol. The molecular formula is C12H13ClN2O2. The minimum Gasteiger partial charge on any atom is -0.371 e. The number of halogens is 1. The number of hydrogen-bond acceptors (Lipinski definition) is 4. The molecule has 0 amide bonds. The molecule has 0 bridgehead atoms. The van der Waals surface area contributed by atoms with E-state index >= 15 is 0 Å². The lowest BCUT2D eigenvalue weighted by Crippen LogP contribution is -2.17. The Bertz CT molecular complexity index is 517. The number of nitrogens with one attached hydrogen (secondary N) is 1. The fraction of sp³-hybridized carbons (Fsp3) is 0.167. The van der Waals surface area contributed by atoms with E-state index in [-0.39, 0.29) is 18.4 Å². The topological polar surface area (TPSA) is 51.2 Å². The zero-order chi connectivity index (χ0) is 11.4. The highest BCUT2D eigenvalue weighted by Crippen LogP contribution is 2.11. The van der Waals surface area contributed by atoms with E-state index in [1.807, 2.05) is 36.4 Å². The van der Waals surface area contributed by atoms with Crippen molar-refractivity contribution in [2.45, 2.75) is 13.5 Å². The normalized spacial score (nSPS) is 9.71. The van der Waals surface area contributed by atoms with Gasteiger partial charge in [0.05, 0.1) is 17.8 Å². The summed E-state index contributed by atoms with van der Waals surface area (Å²) in [5.41, 5.74) is 4.32. The minimum atomic E-state index is -0.360. The van der Waals surface area contributed by atoms with Crippen LogP contribution in [0.2, 0.25) is 0 Å². The molecule has 0 aliphatic rings. The van der Waals surface area contributed by atoms with Crippen molar-refractivity contribution in [1.82, 2.24) is 10.5 Å². The van der Waals surface area contributed by atoms with Gasteiger partial charge in [-0.05, 0) is 12.1 Å². The van der Waals surface area contributed by atoms with Crippen LogP contribution < -0.4 is 5.48 Å². The van der Waals surface area contributed by atoms with E-state index in [4.69, 9.17) is 0 Å². The molecule has 0 radical (unpaired) electrons. The predicted molar refractivity (Wildman–Crippen MR) is 67.6 cm³/mol. The Labute approximate surface area is 105 Å². The van der Waals surface area contributed by atoms with Crippen LogP contribution in [-0.4, -0.2) is 11.0 Å². The molecule has 0 atom stereocenters. The second kappa shape index (κ2) is 6.18. The Balaban J connectivity index is 0.00000144. The second-order valence-corrected chi connectivity index (χ2v) is 3.41. The number of carbonyl (C=O) groups excluding carboxylic acids is 1. The molecule has 0 unspecified atom stereocenters. The maximum absolute atomic E-state index is 10.5. The van der Waals surface area contributed by atoms with Crippen molar-refractivity contribution in [2.75, 3.05) is 0 Å². The van der Waals surface area contributed by atoms with Crippen LogP contribution in [0.15, 0.2) is 36.4 Å². The van der Waals surface area contributed by atoms with Crippen LogP contribution in [-0.2, 0) is 16.2 Å². The van der Waals surface area contributed by atoms with Crippen molar-refractivity contribution >= 4 is 29.3 Å². The number of fused-ring (bicyclic) bond motifs is 1. The van der Waals surface area contributed by atoms with Gasteiger partial charge in [-0.15, -0.1) is 17.9 Å². The van der Waals surface area contributed by atoms with Crippen LogP contribution in [0.4, 0.5) is 0 Å². The molecule has 1 aromatic heterocycles. The number of hydroxylamine groups is 1. The van der Waals surface area contributed by atoms with Crippen LogP contribution in [0.3, 0.4) is 0 Å². The summed E-state index contributed by atoms with van der Waals surface area (Å²) in [6.45, 7) is 1.76. The van der Waals surface area contributed by atoms with Crippen molar-refractivity contribution in [2.24, 2.45) is 0 Å². The average molecular weight is 253 g/mol. The minimum absolute atomic E-state index is 0. The number of nitrogens with zero attached hydrogens (tertiary/aromatic N) is 1. The van der Waals surface area contributed by atoms with Crippen molar-refractivity contribution in [1.29, 1.82) is 0 Å². The van der Waals surface area contributed by atoms with Crippen molar-refractivity contribution in [3.8, 4) is 0 Å². The predicted octanol–water partition coefficient (Wildman–Crippen LogP) is 2.22. The lowest BCUT2D eigenvalue weighted by Gasteiger charge is -2.04. The number of aromatic nitrogens is 1. The standard InChI is InChI=1S/C12H12N2O2.ClH/c1-9(15)16-13-8-11-7-6-10-4-2-3-5-12(10)14-11;/h2-7,13H,8H2,1H3;1H. The summed E-state index contributed by atoms with van der Waals surface area (Å²) < 4.78 is 0. The first kappa shape index (κ1) is 13.4. The van der Waals surface area contributed by atoms with Gasteiger partial charge < -0.3 is 4.84 Å².